The van der Waals surface area contributed by atoms with Crippen molar-refractivity contribution in [1.29, 1.82) is 0 Å². The quantitative estimate of drug-likeness (QED) is 0.810. The van der Waals surface area contributed by atoms with E-state index in [1.165, 1.54) is 51.4 Å². The van der Waals surface area contributed by atoms with Crippen LogP contribution < -0.4 is 4.90 Å². The van der Waals surface area contributed by atoms with Crippen LogP contribution in [-0.2, 0) is 0 Å². The molecule has 1 aromatic heterocycles. The summed E-state index contributed by atoms with van der Waals surface area (Å²) in [6.07, 6.45) is 16.6. The SMILES string of the molecule is C=Cc1cncnc1N1CC[C@@H]2CCCCCC[C@]2(CC)C1. The van der Waals surface area contributed by atoms with Crippen molar-refractivity contribution in [3.05, 3.63) is 24.7 Å². The molecule has 1 aromatic rings. The van der Waals surface area contributed by atoms with Crippen LogP contribution in [-0.4, -0.2) is 23.1 Å². The van der Waals surface area contributed by atoms with Gasteiger partial charge in [0.25, 0.3) is 0 Å². The van der Waals surface area contributed by atoms with Crippen molar-refractivity contribution in [3.8, 4) is 0 Å². The molecule has 22 heavy (non-hydrogen) atoms. The molecule has 0 spiro atoms. The monoisotopic (exact) mass is 299 g/mol. The van der Waals surface area contributed by atoms with Gasteiger partial charge in [0.05, 0.1) is 0 Å². The third kappa shape index (κ3) is 2.90. The van der Waals surface area contributed by atoms with Crippen molar-refractivity contribution in [2.75, 3.05) is 18.0 Å². The third-order valence-electron chi connectivity index (χ3n) is 6.04. The summed E-state index contributed by atoms with van der Waals surface area (Å²) in [7, 11) is 0. The van der Waals surface area contributed by atoms with Gasteiger partial charge < -0.3 is 4.90 Å². The predicted octanol–water partition coefficient (Wildman–Crippen LogP) is 4.70. The first kappa shape index (κ1) is 15.5. The molecular formula is C19H29N3. The van der Waals surface area contributed by atoms with Gasteiger partial charge in [0.2, 0.25) is 0 Å². The summed E-state index contributed by atoms with van der Waals surface area (Å²) in [6, 6.07) is 0. The van der Waals surface area contributed by atoms with E-state index in [-0.39, 0.29) is 0 Å². The van der Waals surface area contributed by atoms with E-state index in [4.69, 9.17) is 0 Å². The molecule has 120 valence electrons. The maximum absolute atomic E-state index is 4.56. The summed E-state index contributed by atoms with van der Waals surface area (Å²) in [5, 5.41) is 0. The molecule has 2 atom stereocenters. The fraction of sp³-hybridized carbons (Fsp3) is 0.684. The van der Waals surface area contributed by atoms with Crippen molar-refractivity contribution in [3.63, 3.8) is 0 Å². The minimum Gasteiger partial charge on any atom is -0.355 e. The molecule has 0 amide bonds. The van der Waals surface area contributed by atoms with E-state index in [1.54, 1.807) is 6.33 Å². The highest BCUT2D eigenvalue weighted by Crippen LogP contribution is 2.47. The summed E-state index contributed by atoms with van der Waals surface area (Å²) < 4.78 is 0. The molecule has 3 heteroatoms. The molecule has 2 fully saturated rings. The van der Waals surface area contributed by atoms with E-state index < -0.39 is 0 Å². The van der Waals surface area contributed by atoms with E-state index in [1.807, 2.05) is 12.3 Å². The number of nitrogens with zero attached hydrogens (tertiary/aromatic N) is 3. The highest BCUT2D eigenvalue weighted by Gasteiger charge is 2.42. The lowest BCUT2D eigenvalue weighted by atomic mass is 9.63. The fourth-order valence-electron chi connectivity index (χ4n) is 4.66. The van der Waals surface area contributed by atoms with Crippen LogP contribution in [0.3, 0.4) is 0 Å². The summed E-state index contributed by atoms with van der Waals surface area (Å²) in [5.74, 6) is 1.99. The van der Waals surface area contributed by atoms with Gasteiger partial charge >= 0.3 is 0 Å². The molecule has 0 bridgehead atoms. The Balaban J connectivity index is 1.86. The minimum atomic E-state index is 0.488. The maximum Gasteiger partial charge on any atom is 0.139 e. The van der Waals surface area contributed by atoms with Crippen LogP contribution in [0.4, 0.5) is 5.82 Å². The lowest BCUT2D eigenvalue weighted by molar-refractivity contribution is 0.0871. The molecule has 3 nitrogen and oxygen atoms in total. The topological polar surface area (TPSA) is 29.0 Å². The molecule has 1 saturated heterocycles. The number of anilines is 1. The van der Waals surface area contributed by atoms with E-state index in [0.29, 0.717) is 5.41 Å². The van der Waals surface area contributed by atoms with Crippen molar-refractivity contribution < 1.29 is 0 Å². The lowest BCUT2D eigenvalue weighted by Crippen LogP contribution is -2.49. The Morgan fingerprint density at radius 3 is 3.00 bits per heavy atom. The smallest absolute Gasteiger partial charge is 0.139 e. The van der Waals surface area contributed by atoms with Crippen LogP contribution >= 0.6 is 0 Å². The lowest BCUT2D eigenvalue weighted by Gasteiger charge is -2.50. The number of piperidine rings is 1. The zero-order valence-corrected chi connectivity index (χ0v) is 13.9. The van der Waals surface area contributed by atoms with Gasteiger partial charge in [0.15, 0.2) is 0 Å². The minimum absolute atomic E-state index is 0.488. The van der Waals surface area contributed by atoms with E-state index >= 15 is 0 Å². The Kier molecular flexibility index (Phi) is 4.80. The van der Waals surface area contributed by atoms with Gasteiger partial charge in [-0.1, -0.05) is 45.3 Å². The Hall–Kier alpha value is -1.38. The second-order valence-corrected chi connectivity index (χ2v) is 7.08. The summed E-state index contributed by atoms with van der Waals surface area (Å²) in [5.41, 5.74) is 1.56. The second-order valence-electron chi connectivity index (χ2n) is 7.08. The molecule has 1 aliphatic carbocycles. The van der Waals surface area contributed by atoms with Crippen LogP contribution in [0, 0.1) is 11.3 Å². The van der Waals surface area contributed by atoms with Gasteiger partial charge in [-0.25, -0.2) is 9.97 Å². The van der Waals surface area contributed by atoms with Gasteiger partial charge in [-0.15, -0.1) is 0 Å². The maximum atomic E-state index is 4.56. The summed E-state index contributed by atoms with van der Waals surface area (Å²) in [6.45, 7) is 8.61. The van der Waals surface area contributed by atoms with Crippen molar-refractivity contribution in [1.82, 2.24) is 9.97 Å². The van der Waals surface area contributed by atoms with Gasteiger partial charge in [0, 0.05) is 24.8 Å². The van der Waals surface area contributed by atoms with Crippen LogP contribution in [0.25, 0.3) is 6.08 Å². The predicted molar refractivity (Wildman–Crippen MR) is 92.9 cm³/mol. The first-order valence-corrected chi connectivity index (χ1v) is 8.96. The average Bonchev–Trinajstić information content (AvgIpc) is 2.55. The Morgan fingerprint density at radius 1 is 1.32 bits per heavy atom. The van der Waals surface area contributed by atoms with Crippen LogP contribution in [0.5, 0.6) is 0 Å². The summed E-state index contributed by atoms with van der Waals surface area (Å²) >= 11 is 0. The fourth-order valence-corrected chi connectivity index (χ4v) is 4.66. The zero-order valence-electron chi connectivity index (χ0n) is 13.9. The summed E-state index contributed by atoms with van der Waals surface area (Å²) in [4.78, 5) is 11.2. The first-order valence-electron chi connectivity index (χ1n) is 8.96. The second kappa shape index (κ2) is 6.80. The Labute approximate surface area is 134 Å². The number of hydrogen-bond acceptors (Lipinski definition) is 3. The van der Waals surface area contributed by atoms with E-state index in [2.05, 4.69) is 28.4 Å². The Bertz CT molecular complexity index is 513. The number of aromatic nitrogens is 2. The first-order chi connectivity index (χ1) is 10.8. The molecule has 0 radical (unpaired) electrons. The molecule has 2 aliphatic rings. The van der Waals surface area contributed by atoms with Gasteiger partial charge in [-0.3, -0.25) is 0 Å². The largest absolute Gasteiger partial charge is 0.355 e. The van der Waals surface area contributed by atoms with Gasteiger partial charge in [0.1, 0.15) is 12.1 Å². The normalized spacial score (nSPS) is 29.3. The van der Waals surface area contributed by atoms with Gasteiger partial charge in [-0.2, -0.15) is 0 Å². The third-order valence-corrected chi connectivity index (χ3v) is 6.04. The number of rotatable bonds is 3. The number of hydrogen-bond donors (Lipinski definition) is 0. The molecule has 2 heterocycles. The number of fused-ring (bicyclic) bond motifs is 1. The zero-order chi connectivity index (χ0) is 15.4. The molecule has 1 saturated carbocycles. The molecule has 0 N–H and O–H groups in total. The molecule has 3 rings (SSSR count). The molecular weight excluding hydrogens is 270 g/mol. The van der Waals surface area contributed by atoms with E-state index in [0.717, 1.165) is 30.4 Å². The van der Waals surface area contributed by atoms with Crippen molar-refractivity contribution in [2.45, 2.75) is 58.3 Å². The van der Waals surface area contributed by atoms with Crippen LogP contribution in [0.15, 0.2) is 19.1 Å². The van der Waals surface area contributed by atoms with Crippen molar-refractivity contribution in [2.24, 2.45) is 11.3 Å². The van der Waals surface area contributed by atoms with Crippen LogP contribution in [0.1, 0.15) is 63.9 Å². The highest BCUT2D eigenvalue weighted by atomic mass is 15.2. The highest BCUT2D eigenvalue weighted by molar-refractivity contribution is 5.62. The van der Waals surface area contributed by atoms with Crippen LogP contribution in [0.2, 0.25) is 0 Å². The van der Waals surface area contributed by atoms with Gasteiger partial charge in [-0.05, 0) is 37.0 Å². The van der Waals surface area contributed by atoms with Crippen molar-refractivity contribution >= 4 is 11.9 Å². The standard InChI is InChI=1S/C19H29N3/c1-3-16-13-20-15-21-18(16)22-12-10-17-9-7-5-6-8-11-19(17,4-2)14-22/h3,13,15,17H,1,4-12,14H2,2H3/t17-,19+/m0/s1. The average molecular weight is 299 g/mol. The van der Waals surface area contributed by atoms with E-state index in [9.17, 15) is 0 Å². The molecule has 0 unspecified atom stereocenters. The molecule has 1 aliphatic heterocycles. The molecule has 0 aromatic carbocycles. The Morgan fingerprint density at radius 2 is 2.18 bits per heavy atom.